The van der Waals surface area contributed by atoms with Crippen LogP contribution in [0.1, 0.15) is 28.8 Å². The minimum atomic E-state index is -0.782. The van der Waals surface area contributed by atoms with Gasteiger partial charge in [-0.3, -0.25) is 14.6 Å². The molecule has 1 aromatic heterocycles. The number of hydrogen-bond donors (Lipinski definition) is 0. The van der Waals surface area contributed by atoms with Gasteiger partial charge in [0, 0.05) is 38.2 Å². The standard InChI is InChI=1S/C24H31N3O4S/c1-18-7-14-32-21(18)17-25-10-8-24(9-11-25)22(28)26(23(29)27(24)12-13-30-2)16-19-5-4-6-20(15-19)31-3/h4-7,14-15H,8-13,16-17H2,1-3H3. The molecule has 0 unspecified atom stereocenters. The van der Waals surface area contributed by atoms with Gasteiger partial charge >= 0.3 is 6.03 Å². The van der Waals surface area contributed by atoms with Gasteiger partial charge in [-0.1, -0.05) is 12.1 Å². The van der Waals surface area contributed by atoms with Crippen LogP contribution >= 0.6 is 11.3 Å². The van der Waals surface area contributed by atoms with E-state index in [4.69, 9.17) is 9.47 Å². The molecule has 0 bridgehead atoms. The second-order valence-corrected chi connectivity index (χ2v) is 9.51. The third-order valence-corrected chi connectivity index (χ3v) is 7.64. The first-order valence-corrected chi connectivity index (χ1v) is 11.9. The number of piperidine rings is 1. The molecule has 2 saturated heterocycles. The van der Waals surface area contributed by atoms with Gasteiger partial charge in [0.25, 0.3) is 5.91 Å². The average molecular weight is 458 g/mol. The largest absolute Gasteiger partial charge is 0.497 e. The van der Waals surface area contributed by atoms with Gasteiger partial charge in [-0.2, -0.15) is 0 Å². The van der Waals surface area contributed by atoms with Crippen molar-refractivity contribution < 1.29 is 19.1 Å². The van der Waals surface area contributed by atoms with Gasteiger partial charge in [0.15, 0.2) is 0 Å². The second-order valence-electron chi connectivity index (χ2n) is 8.50. The van der Waals surface area contributed by atoms with Crippen molar-refractivity contribution in [2.75, 3.05) is 40.5 Å². The van der Waals surface area contributed by atoms with Crippen LogP contribution in [0.25, 0.3) is 0 Å². The summed E-state index contributed by atoms with van der Waals surface area (Å²) in [5, 5.41) is 2.12. The van der Waals surface area contributed by atoms with E-state index in [0.29, 0.717) is 31.7 Å². The predicted octanol–water partition coefficient (Wildman–Crippen LogP) is 3.51. The molecule has 0 atom stereocenters. The molecule has 2 aliphatic rings. The molecule has 4 rings (SSSR count). The van der Waals surface area contributed by atoms with E-state index in [1.54, 1.807) is 30.5 Å². The number of rotatable bonds is 8. The fraction of sp³-hybridized carbons (Fsp3) is 0.500. The van der Waals surface area contributed by atoms with E-state index >= 15 is 0 Å². The second kappa shape index (κ2) is 9.60. The van der Waals surface area contributed by atoms with Gasteiger partial charge in [0.1, 0.15) is 11.3 Å². The Morgan fingerprint density at radius 2 is 1.88 bits per heavy atom. The summed E-state index contributed by atoms with van der Waals surface area (Å²) in [4.78, 5) is 34.0. The molecule has 0 radical (unpaired) electrons. The molecule has 32 heavy (non-hydrogen) atoms. The molecule has 172 valence electrons. The van der Waals surface area contributed by atoms with Crippen LogP contribution in [0, 0.1) is 6.92 Å². The number of methoxy groups -OCH3 is 2. The average Bonchev–Trinajstić information content (AvgIpc) is 3.29. The number of urea groups is 1. The van der Waals surface area contributed by atoms with Crippen LogP contribution in [-0.4, -0.2) is 72.6 Å². The first-order valence-electron chi connectivity index (χ1n) is 11.0. The molecule has 1 spiro atoms. The number of benzene rings is 1. The summed E-state index contributed by atoms with van der Waals surface area (Å²) in [6.45, 7) is 5.68. The van der Waals surface area contributed by atoms with E-state index in [0.717, 1.165) is 25.2 Å². The number of carbonyl (C=O) groups is 2. The van der Waals surface area contributed by atoms with Crippen molar-refractivity contribution in [2.24, 2.45) is 0 Å². The van der Waals surface area contributed by atoms with E-state index in [-0.39, 0.29) is 18.5 Å². The van der Waals surface area contributed by atoms with E-state index in [9.17, 15) is 9.59 Å². The maximum absolute atomic E-state index is 13.7. The summed E-state index contributed by atoms with van der Waals surface area (Å²) in [6.07, 6.45) is 1.28. The summed E-state index contributed by atoms with van der Waals surface area (Å²) < 4.78 is 10.6. The molecule has 3 heterocycles. The zero-order valence-electron chi connectivity index (χ0n) is 19.0. The molecule has 2 fully saturated rings. The Bertz CT molecular complexity index is 968. The summed E-state index contributed by atoms with van der Waals surface area (Å²) in [5.74, 6) is 0.623. The minimum Gasteiger partial charge on any atom is -0.497 e. The Morgan fingerprint density at radius 1 is 1.09 bits per heavy atom. The van der Waals surface area contributed by atoms with Crippen molar-refractivity contribution >= 4 is 23.3 Å². The van der Waals surface area contributed by atoms with Gasteiger partial charge in [-0.05, 0) is 54.5 Å². The lowest BCUT2D eigenvalue weighted by molar-refractivity contribution is -0.136. The zero-order valence-corrected chi connectivity index (χ0v) is 19.8. The highest BCUT2D eigenvalue weighted by molar-refractivity contribution is 7.10. The Labute approximate surface area is 193 Å². The van der Waals surface area contributed by atoms with Gasteiger partial charge in [0.2, 0.25) is 0 Å². The molecular weight excluding hydrogens is 426 g/mol. The molecule has 1 aromatic carbocycles. The van der Waals surface area contributed by atoms with Gasteiger partial charge in [0.05, 0.1) is 20.3 Å². The molecule has 2 aliphatic heterocycles. The number of thiophene rings is 1. The number of aryl methyl sites for hydroxylation is 1. The van der Waals surface area contributed by atoms with Crippen molar-refractivity contribution in [3.63, 3.8) is 0 Å². The van der Waals surface area contributed by atoms with Crippen LogP contribution in [0.2, 0.25) is 0 Å². The highest BCUT2D eigenvalue weighted by Gasteiger charge is 2.57. The maximum Gasteiger partial charge on any atom is 0.328 e. The van der Waals surface area contributed by atoms with Crippen molar-refractivity contribution in [1.29, 1.82) is 0 Å². The monoisotopic (exact) mass is 457 g/mol. The Morgan fingerprint density at radius 3 is 2.53 bits per heavy atom. The summed E-state index contributed by atoms with van der Waals surface area (Å²) >= 11 is 1.78. The summed E-state index contributed by atoms with van der Waals surface area (Å²) in [6, 6.07) is 9.44. The molecule has 7 nitrogen and oxygen atoms in total. The number of imide groups is 1. The van der Waals surface area contributed by atoms with Crippen LogP contribution < -0.4 is 4.74 Å². The summed E-state index contributed by atoms with van der Waals surface area (Å²) in [5.41, 5.74) is 1.41. The fourth-order valence-corrected chi connectivity index (χ4v) is 5.65. The lowest BCUT2D eigenvalue weighted by Gasteiger charge is -2.42. The first-order chi connectivity index (χ1) is 15.5. The van der Waals surface area contributed by atoms with E-state index in [1.807, 2.05) is 24.3 Å². The Balaban J connectivity index is 1.52. The highest BCUT2D eigenvalue weighted by atomic mass is 32.1. The molecule has 0 N–H and O–H groups in total. The SMILES string of the molecule is COCCN1C(=O)N(Cc2cccc(OC)c2)C(=O)C12CCN(Cc1sccc1C)CC2. The van der Waals surface area contributed by atoms with Crippen LogP contribution in [0.4, 0.5) is 4.79 Å². The van der Waals surface area contributed by atoms with Gasteiger partial charge in [-0.25, -0.2) is 4.79 Å². The lowest BCUT2D eigenvalue weighted by atomic mass is 9.85. The topological polar surface area (TPSA) is 62.3 Å². The van der Waals surface area contributed by atoms with Crippen LogP contribution in [-0.2, 0) is 22.6 Å². The minimum absolute atomic E-state index is 0.0895. The third-order valence-electron chi connectivity index (χ3n) is 6.63. The molecular formula is C24H31N3O4S. The van der Waals surface area contributed by atoms with E-state index < -0.39 is 5.54 Å². The molecule has 2 aromatic rings. The van der Waals surface area contributed by atoms with Crippen LogP contribution in [0.5, 0.6) is 5.75 Å². The molecule has 3 amide bonds. The normalized spacial score (nSPS) is 18.7. The number of nitrogens with zero attached hydrogens (tertiary/aromatic N) is 3. The molecule has 8 heteroatoms. The Kier molecular flexibility index (Phi) is 6.83. The number of amides is 3. The van der Waals surface area contributed by atoms with Crippen molar-refractivity contribution in [3.8, 4) is 5.75 Å². The smallest absolute Gasteiger partial charge is 0.328 e. The lowest BCUT2D eigenvalue weighted by Crippen LogP contribution is -2.57. The van der Waals surface area contributed by atoms with E-state index in [2.05, 4.69) is 23.3 Å². The third kappa shape index (κ3) is 4.27. The van der Waals surface area contributed by atoms with E-state index in [1.165, 1.54) is 15.3 Å². The number of likely N-dealkylation sites (tertiary alicyclic amines) is 1. The maximum atomic E-state index is 13.7. The van der Waals surface area contributed by atoms with Crippen molar-refractivity contribution in [2.45, 2.75) is 38.4 Å². The Hall–Kier alpha value is -2.42. The first kappa shape index (κ1) is 22.8. The van der Waals surface area contributed by atoms with Gasteiger partial charge < -0.3 is 14.4 Å². The van der Waals surface area contributed by atoms with Gasteiger partial charge in [-0.15, -0.1) is 11.3 Å². The number of ether oxygens (including phenoxy) is 2. The number of hydrogen-bond acceptors (Lipinski definition) is 6. The molecule has 0 saturated carbocycles. The quantitative estimate of drug-likeness (QED) is 0.568. The van der Waals surface area contributed by atoms with Crippen molar-refractivity contribution in [3.05, 3.63) is 51.7 Å². The zero-order chi connectivity index (χ0) is 22.7. The fourth-order valence-electron chi connectivity index (χ4n) is 4.70. The summed E-state index contributed by atoms with van der Waals surface area (Å²) in [7, 11) is 3.23. The predicted molar refractivity (Wildman–Crippen MR) is 124 cm³/mol. The van der Waals surface area contributed by atoms with Crippen molar-refractivity contribution in [1.82, 2.24) is 14.7 Å². The number of carbonyl (C=O) groups excluding carboxylic acids is 2. The van der Waals surface area contributed by atoms with Crippen LogP contribution in [0.3, 0.4) is 0 Å². The van der Waals surface area contributed by atoms with Crippen LogP contribution in [0.15, 0.2) is 35.7 Å². The molecule has 0 aliphatic carbocycles. The highest BCUT2D eigenvalue weighted by Crippen LogP contribution is 2.38.